The summed E-state index contributed by atoms with van der Waals surface area (Å²) in [4.78, 5) is 24.7. The van der Waals surface area contributed by atoms with Crippen molar-refractivity contribution in [1.82, 2.24) is 5.32 Å². The van der Waals surface area contributed by atoms with Gasteiger partial charge in [0.1, 0.15) is 0 Å². The van der Waals surface area contributed by atoms with Gasteiger partial charge in [-0.25, -0.2) is 0 Å². The highest BCUT2D eigenvalue weighted by molar-refractivity contribution is 5.76. The molecule has 6 nitrogen and oxygen atoms in total. The summed E-state index contributed by atoms with van der Waals surface area (Å²) in [6.07, 6.45) is 77.6. The monoisotopic (exact) mass is 1030 g/mol. The summed E-state index contributed by atoms with van der Waals surface area (Å²) in [7, 11) is 0. The molecule has 2 unspecified atom stereocenters. The Labute approximate surface area is 456 Å². The van der Waals surface area contributed by atoms with Gasteiger partial charge >= 0.3 is 5.97 Å². The van der Waals surface area contributed by atoms with Gasteiger partial charge in [-0.2, -0.15) is 0 Å². The first-order valence-electron chi connectivity index (χ1n) is 33.1. The van der Waals surface area contributed by atoms with E-state index < -0.39 is 12.1 Å². The highest BCUT2D eigenvalue weighted by Crippen LogP contribution is 2.18. The molecule has 432 valence electrons. The largest absolute Gasteiger partial charge is 0.466 e. The first-order chi connectivity index (χ1) is 36.0. The van der Waals surface area contributed by atoms with Crippen LogP contribution in [-0.4, -0.2) is 47.4 Å². The summed E-state index contributed by atoms with van der Waals surface area (Å²) < 4.78 is 5.49. The molecule has 0 aromatic rings. The molecule has 2 atom stereocenters. The predicted molar refractivity (Wildman–Crippen MR) is 320 cm³/mol. The molecule has 73 heavy (non-hydrogen) atoms. The minimum absolute atomic E-state index is 0.0115. The van der Waals surface area contributed by atoms with E-state index in [0.29, 0.717) is 25.9 Å². The summed E-state index contributed by atoms with van der Waals surface area (Å²) in [5.41, 5.74) is 0. The average molecular weight is 1030 g/mol. The van der Waals surface area contributed by atoms with Gasteiger partial charge in [0.05, 0.1) is 25.4 Å². The van der Waals surface area contributed by atoms with Crippen LogP contribution in [0.15, 0.2) is 24.3 Å². The van der Waals surface area contributed by atoms with Gasteiger partial charge in [-0.3, -0.25) is 9.59 Å². The van der Waals surface area contributed by atoms with Crippen molar-refractivity contribution in [3.8, 4) is 0 Å². The molecule has 0 aliphatic rings. The minimum Gasteiger partial charge on any atom is -0.466 e. The smallest absolute Gasteiger partial charge is 0.305 e. The Morgan fingerprint density at radius 2 is 0.685 bits per heavy atom. The maximum Gasteiger partial charge on any atom is 0.305 e. The van der Waals surface area contributed by atoms with E-state index in [1.807, 2.05) is 0 Å². The van der Waals surface area contributed by atoms with Crippen LogP contribution in [0.25, 0.3) is 0 Å². The first-order valence-corrected chi connectivity index (χ1v) is 33.1. The lowest BCUT2D eigenvalue weighted by molar-refractivity contribution is -0.143. The Balaban J connectivity index is 3.43. The van der Waals surface area contributed by atoms with E-state index in [1.165, 1.54) is 270 Å². The van der Waals surface area contributed by atoms with E-state index in [2.05, 4.69) is 43.5 Å². The number of carbonyl (C=O) groups is 2. The molecule has 6 heteroatoms. The van der Waals surface area contributed by atoms with Crippen LogP contribution < -0.4 is 5.32 Å². The van der Waals surface area contributed by atoms with E-state index in [9.17, 15) is 19.8 Å². The Morgan fingerprint density at radius 3 is 1.07 bits per heavy atom. The number of esters is 1. The zero-order valence-corrected chi connectivity index (χ0v) is 49.4. The quantitative estimate of drug-likeness (QED) is 0.0320. The summed E-state index contributed by atoms with van der Waals surface area (Å²) in [6.45, 7) is 4.93. The molecule has 0 heterocycles. The van der Waals surface area contributed by atoms with Gasteiger partial charge in [0.15, 0.2) is 0 Å². The van der Waals surface area contributed by atoms with E-state index in [4.69, 9.17) is 4.74 Å². The summed E-state index contributed by atoms with van der Waals surface area (Å²) >= 11 is 0. The fourth-order valence-electron chi connectivity index (χ4n) is 10.4. The lowest BCUT2D eigenvalue weighted by Crippen LogP contribution is -2.45. The minimum atomic E-state index is -0.677. The molecule has 0 saturated carbocycles. The molecule has 0 saturated heterocycles. The lowest BCUT2D eigenvalue weighted by atomic mass is 10.0. The van der Waals surface area contributed by atoms with Gasteiger partial charge < -0.3 is 20.3 Å². The van der Waals surface area contributed by atoms with Crippen LogP contribution >= 0.6 is 0 Å². The van der Waals surface area contributed by atoms with Crippen LogP contribution in [0.3, 0.4) is 0 Å². The topological polar surface area (TPSA) is 95.9 Å². The molecule has 0 rings (SSSR count). The third-order valence-corrected chi connectivity index (χ3v) is 15.5. The van der Waals surface area contributed by atoms with Gasteiger partial charge in [-0.1, -0.05) is 321 Å². The number of amides is 1. The van der Waals surface area contributed by atoms with E-state index >= 15 is 0 Å². The fourth-order valence-corrected chi connectivity index (χ4v) is 10.4. The summed E-state index contributed by atoms with van der Waals surface area (Å²) in [6, 6.07) is -0.555. The highest BCUT2D eigenvalue weighted by atomic mass is 16.5. The number of hydrogen-bond donors (Lipinski definition) is 3. The van der Waals surface area contributed by atoms with Gasteiger partial charge in [0.25, 0.3) is 0 Å². The van der Waals surface area contributed by atoms with Crippen LogP contribution in [0.2, 0.25) is 0 Å². The second kappa shape index (κ2) is 62.9. The van der Waals surface area contributed by atoms with Crippen molar-refractivity contribution in [3.05, 3.63) is 24.3 Å². The van der Waals surface area contributed by atoms with E-state index in [1.54, 1.807) is 0 Å². The number of ether oxygens (including phenoxy) is 1. The summed E-state index contributed by atoms with van der Waals surface area (Å²) in [5, 5.41) is 23.4. The number of aliphatic hydroxyl groups excluding tert-OH is 2. The number of hydrogen-bond acceptors (Lipinski definition) is 5. The fraction of sp³-hybridized carbons (Fsp3) is 0.910. The number of aliphatic hydroxyl groups is 2. The van der Waals surface area contributed by atoms with Crippen molar-refractivity contribution >= 4 is 11.9 Å². The Kier molecular flexibility index (Phi) is 61.4. The number of allylic oxidation sites excluding steroid dienone is 4. The summed E-state index contributed by atoms with van der Waals surface area (Å²) in [5.74, 6) is -0.0580. The van der Waals surface area contributed by atoms with Crippen molar-refractivity contribution in [2.24, 2.45) is 0 Å². The molecular weight excluding hydrogens is 899 g/mol. The van der Waals surface area contributed by atoms with Crippen LogP contribution in [0, 0.1) is 0 Å². The molecule has 0 bridgehead atoms. The Hall–Kier alpha value is -1.66. The SMILES string of the molecule is CCCCC/C=C\C/C=C\CCCCCCCCCCCC(=O)OCCCCCCCCCCCCCCC(=O)NC(CO)C(O)CCCCCCCCCCCCCCCCCCCCCCCCCCC. The number of nitrogens with one attached hydrogen (secondary N) is 1. The average Bonchev–Trinajstić information content (AvgIpc) is 3.39. The van der Waals surface area contributed by atoms with Crippen LogP contribution in [-0.2, 0) is 14.3 Å². The molecule has 1 amide bonds. The molecule has 0 aliphatic carbocycles. The predicted octanol–water partition coefficient (Wildman–Crippen LogP) is 21.0. The van der Waals surface area contributed by atoms with Crippen molar-refractivity contribution in [2.45, 2.75) is 379 Å². The standard InChI is InChI=1S/C67H129NO5/c1-3-5-7-9-11-13-15-17-19-21-23-24-25-26-27-28-30-31-33-35-39-43-47-51-55-59-65(70)64(63-69)68-66(71)60-56-52-48-44-40-37-38-42-46-50-54-58-62-73-67(72)61-57-53-49-45-41-36-34-32-29-22-20-18-16-14-12-10-8-6-4-2/h12,14,18,20,64-65,69-70H,3-11,13,15-17,19,21-63H2,1-2H3,(H,68,71)/b14-12-,20-18-. The molecule has 0 aliphatic heterocycles. The third-order valence-electron chi connectivity index (χ3n) is 15.5. The van der Waals surface area contributed by atoms with E-state index in [0.717, 1.165) is 64.2 Å². The van der Waals surface area contributed by atoms with Crippen molar-refractivity contribution in [1.29, 1.82) is 0 Å². The van der Waals surface area contributed by atoms with Gasteiger partial charge in [0, 0.05) is 12.8 Å². The molecule has 0 aromatic carbocycles. The van der Waals surface area contributed by atoms with E-state index in [-0.39, 0.29) is 18.5 Å². The maximum absolute atomic E-state index is 12.5. The Morgan fingerprint density at radius 1 is 0.384 bits per heavy atom. The van der Waals surface area contributed by atoms with Crippen LogP contribution in [0.1, 0.15) is 367 Å². The molecule has 0 radical (unpaired) electrons. The van der Waals surface area contributed by atoms with Gasteiger partial charge in [-0.15, -0.1) is 0 Å². The second-order valence-electron chi connectivity index (χ2n) is 22.8. The number of unbranched alkanes of at least 4 members (excludes halogenated alkanes) is 47. The van der Waals surface area contributed by atoms with Crippen molar-refractivity contribution < 1.29 is 24.5 Å². The highest BCUT2D eigenvalue weighted by Gasteiger charge is 2.20. The maximum atomic E-state index is 12.5. The molecular formula is C67H129NO5. The van der Waals surface area contributed by atoms with Gasteiger partial charge in [0.2, 0.25) is 5.91 Å². The lowest BCUT2D eigenvalue weighted by Gasteiger charge is -2.22. The Bertz CT molecular complexity index is 1140. The molecule has 0 spiro atoms. The first kappa shape index (κ1) is 71.3. The van der Waals surface area contributed by atoms with Crippen LogP contribution in [0.5, 0.6) is 0 Å². The number of carbonyl (C=O) groups excluding carboxylic acids is 2. The third kappa shape index (κ3) is 59.4. The van der Waals surface area contributed by atoms with Crippen molar-refractivity contribution in [3.63, 3.8) is 0 Å². The molecule has 0 aromatic heterocycles. The molecule has 0 fully saturated rings. The number of rotatable bonds is 62. The normalized spacial score (nSPS) is 12.7. The van der Waals surface area contributed by atoms with Crippen LogP contribution in [0.4, 0.5) is 0 Å². The zero-order chi connectivity index (χ0) is 52.9. The zero-order valence-electron chi connectivity index (χ0n) is 49.4. The van der Waals surface area contributed by atoms with Gasteiger partial charge in [-0.05, 0) is 57.8 Å². The second-order valence-corrected chi connectivity index (χ2v) is 22.8. The van der Waals surface area contributed by atoms with Crippen molar-refractivity contribution in [2.75, 3.05) is 13.2 Å². The molecule has 3 N–H and O–H groups in total.